The van der Waals surface area contributed by atoms with Crippen LogP contribution >= 0.6 is 11.6 Å². The lowest BCUT2D eigenvalue weighted by molar-refractivity contribution is 0.253. The van der Waals surface area contributed by atoms with Gasteiger partial charge in [-0.05, 0) is 25.1 Å². The highest BCUT2D eigenvalue weighted by Crippen LogP contribution is 2.14. The summed E-state index contributed by atoms with van der Waals surface area (Å²) in [5.74, 6) is 0.935. The number of aromatic nitrogens is 2. The molecule has 0 aliphatic carbocycles. The molecule has 0 radical (unpaired) electrons. The number of hydrogen-bond acceptors (Lipinski definition) is 4. The van der Waals surface area contributed by atoms with Gasteiger partial charge in [-0.1, -0.05) is 24.9 Å². The van der Waals surface area contributed by atoms with Crippen LogP contribution in [-0.4, -0.2) is 47.8 Å². The van der Waals surface area contributed by atoms with Gasteiger partial charge >= 0.3 is 0 Å². The van der Waals surface area contributed by atoms with E-state index < -0.39 is 0 Å². The zero-order valence-corrected chi connectivity index (χ0v) is 11.0. The zero-order chi connectivity index (χ0) is 12.1. The molecule has 0 atom stereocenters. The Balaban J connectivity index is 1.84. The van der Waals surface area contributed by atoms with E-state index in [1.165, 1.54) is 19.4 Å². The van der Waals surface area contributed by atoms with Crippen LogP contribution in [-0.2, 0) is 0 Å². The van der Waals surface area contributed by atoms with Gasteiger partial charge in [0.05, 0.1) is 0 Å². The molecule has 0 aromatic carbocycles. The summed E-state index contributed by atoms with van der Waals surface area (Å²) < 4.78 is 0. The van der Waals surface area contributed by atoms with E-state index in [4.69, 9.17) is 11.6 Å². The van der Waals surface area contributed by atoms with Crippen LogP contribution in [0.2, 0.25) is 5.15 Å². The molecule has 0 unspecified atom stereocenters. The van der Waals surface area contributed by atoms with E-state index in [0.29, 0.717) is 5.15 Å². The van der Waals surface area contributed by atoms with E-state index in [1.807, 2.05) is 6.07 Å². The van der Waals surface area contributed by atoms with Gasteiger partial charge in [0.1, 0.15) is 0 Å². The monoisotopic (exact) mass is 254 g/mol. The van der Waals surface area contributed by atoms with Crippen LogP contribution in [0.25, 0.3) is 0 Å². The quantitative estimate of drug-likeness (QED) is 0.823. The van der Waals surface area contributed by atoms with Crippen molar-refractivity contribution in [1.29, 1.82) is 0 Å². The zero-order valence-electron chi connectivity index (χ0n) is 10.3. The molecule has 1 saturated heterocycles. The van der Waals surface area contributed by atoms with Crippen molar-refractivity contribution in [2.45, 2.75) is 19.8 Å². The normalized spacial score (nSPS) is 17.4. The number of nitrogens with zero attached hydrogens (tertiary/aromatic N) is 4. The van der Waals surface area contributed by atoms with Gasteiger partial charge in [0.25, 0.3) is 0 Å². The Hall–Kier alpha value is -0.870. The molecule has 0 bridgehead atoms. The first-order chi connectivity index (χ1) is 8.29. The van der Waals surface area contributed by atoms with Crippen molar-refractivity contribution >= 4 is 17.4 Å². The third-order valence-electron chi connectivity index (χ3n) is 3.14. The predicted octanol–water partition coefficient (Wildman–Crippen LogP) is 2.05. The van der Waals surface area contributed by atoms with Gasteiger partial charge < -0.3 is 4.90 Å². The SMILES string of the molecule is CCCCN1CCN(c2ccc(Cl)nn2)CC1. The highest BCUT2D eigenvalue weighted by Gasteiger charge is 2.17. The van der Waals surface area contributed by atoms with Crippen molar-refractivity contribution in [3.05, 3.63) is 17.3 Å². The van der Waals surface area contributed by atoms with Crippen molar-refractivity contribution in [2.75, 3.05) is 37.6 Å². The first-order valence-corrected chi connectivity index (χ1v) is 6.64. The molecule has 1 aromatic heterocycles. The van der Waals surface area contributed by atoms with Gasteiger partial charge in [-0.2, -0.15) is 0 Å². The topological polar surface area (TPSA) is 32.3 Å². The van der Waals surface area contributed by atoms with E-state index in [-0.39, 0.29) is 0 Å². The fraction of sp³-hybridized carbons (Fsp3) is 0.667. The summed E-state index contributed by atoms with van der Waals surface area (Å²) in [5, 5.41) is 8.45. The molecule has 94 valence electrons. The summed E-state index contributed by atoms with van der Waals surface area (Å²) in [7, 11) is 0. The number of rotatable bonds is 4. The van der Waals surface area contributed by atoms with Gasteiger partial charge in [-0.25, -0.2) is 0 Å². The maximum atomic E-state index is 5.73. The van der Waals surface area contributed by atoms with Crippen LogP contribution in [0.5, 0.6) is 0 Å². The van der Waals surface area contributed by atoms with Crippen molar-refractivity contribution in [3.8, 4) is 0 Å². The minimum absolute atomic E-state index is 0.454. The second-order valence-corrected chi connectivity index (χ2v) is 4.78. The summed E-state index contributed by atoms with van der Waals surface area (Å²) in [5.41, 5.74) is 0. The number of hydrogen-bond donors (Lipinski definition) is 0. The lowest BCUT2D eigenvalue weighted by Crippen LogP contribution is -2.46. The molecule has 0 N–H and O–H groups in total. The Kier molecular flexibility index (Phi) is 4.57. The predicted molar refractivity (Wildman–Crippen MR) is 70.6 cm³/mol. The molecular weight excluding hydrogens is 236 g/mol. The highest BCUT2D eigenvalue weighted by molar-refractivity contribution is 6.29. The largest absolute Gasteiger partial charge is 0.353 e. The van der Waals surface area contributed by atoms with Gasteiger partial charge in [-0.15, -0.1) is 10.2 Å². The third kappa shape index (κ3) is 3.54. The molecule has 1 aliphatic rings. The second kappa shape index (κ2) is 6.17. The fourth-order valence-corrected chi connectivity index (χ4v) is 2.16. The average Bonchev–Trinajstić information content (AvgIpc) is 2.38. The molecule has 1 aliphatic heterocycles. The molecule has 1 aromatic rings. The summed E-state index contributed by atoms with van der Waals surface area (Å²) in [6.45, 7) is 7.74. The average molecular weight is 255 g/mol. The second-order valence-electron chi connectivity index (χ2n) is 4.40. The highest BCUT2D eigenvalue weighted by atomic mass is 35.5. The van der Waals surface area contributed by atoms with Crippen LogP contribution in [0.1, 0.15) is 19.8 Å². The lowest BCUT2D eigenvalue weighted by atomic mass is 10.2. The maximum absolute atomic E-state index is 5.73. The summed E-state index contributed by atoms with van der Waals surface area (Å²) >= 11 is 5.73. The Bertz CT molecular complexity index is 333. The molecule has 0 spiro atoms. The van der Waals surface area contributed by atoms with E-state index in [1.54, 1.807) is 6.07 Å². The van der Waals surface area contributed by atoms with Crippen LogP contribution in [0.4, 0.5) is 5.82 Å². The molecule has 1 fully saturated rings. The Morgan fingerprint density at radius 1 is 1.18 bits per heavy atom. The number of piperazine rings is 1. The molecular formula is C12H19ClN4. The first-order valence-electron chi connectivity index (χ1n) is 6.26. The molecule has 2 heterocycles. The number of halogens is 1. The summed E-state index contributed by atoms with van der Waals surface area (Å²) in [6.07, 6.45) is 2.56. The van der Waals surface area contributed by atoms with Crippen LogP contribution < -0.4 is 4.90 Å². The molecule has 2 rings (SSSR count). The minimum Gasteiger partial charge on any atom is -0.353 e. The fourth-order valence-electron chi connectivity index (χ4n) is 2.06. The van der Waals surface area contributed by atoms with Crippen molar-refractivity contribution in [1.82, 2.24) is 15.1 Å². The Labute approximate surface area is 108 Å². The van der Waals surface area contributed by atoms with Gasteiger partial charge in [0.15, 0.2) is 11.0 Å². The van der Waals surface area contributed by atoms with Gasteiger partial charge in [-0.3, -0.25) is 4.90 Å². The third-order valence-corrected chi connectivity index (χ3v) is 3.34. The summed E-state index contributed by atoms with van der Waals surface area (Å²) in [4.78, 5) is 4.79. The van der Waals surface area contributed by atoms with Crippen molar-refractivity contribution in [2.24, 2.45) is 0 Å². The molecule has 0 saturated carbocycles. The van der Waals surface area contributed by atoms with Gasteiger partial charge in [0, 0.05) is 26.2 Å². The number of unbranched alkanes of at least 4 members (excludes halogenated alkanes) is 1. The van der Waals surface area contributed by atoms with Crippen molar-refractivity contribution in [3.63, 3.8) is 0 Å². The number of anilines is 1. The van der Waals surface area contributed by atoms with Crippen LogP contribution in [0, 0.1) is 0 Å². The van der Waals surface area contributed by atoms with E-state index in [0.717, 1.165) is 32.0 Å². The molecule has 0 amide bonds. The smallest absolute Gasteiger partial charge is 0.151 e. The molecule has 17 heavy (non-hydrogen) atoms. The molecule has 5 heteroatoms. The first kappa shape index (κ1) is 12.6. The van der Waals surface area contributed by atoms with E-state index in [9.17, 15) is 0 Å². The van der Waals surface area contributed by atoms with E-state index in [2.05, 4.69) is 26.9 Å². The van der Waals surface area contributed by atoms with Crippen LogP contribution in [0.15, 0.2) is 12.1 Å². The standard InChI is InChI=1S/C12H19ClN4/c1-2-3-6-16-7-9-17(10-8-16)12-5-4-11(13)14-15-12/h4-5H,2-3,6-10H2,1H3. The summed E-state index contributed by atoms with van der Waals surface area (Å²) in [6, 6.07) is 3.74. The van der Waals surface area contributed by atoms with Gasteiger partial charge in [0.2, 0.25) is 0 Å². The minimum atomic E-state index is 0.454. The van der Waals surface area contributed by atoms with Crippen LogP contribution in [0.3, 0.4) is 0 Å². The molecule has 4 nitrogen and oxygen atoms in total. The lowest BCUT2D eigenvalue weighted by Gasteiger charge is -2.35. The van der Waals surface area contributed by atoms with E-state index >= 15 is 0 Å². The maximum Gasteiger partial charge on any atom is 0.151 e. The Morgan fingerprint density at radius 2 is 1.94 bits per heavy atom. The Morgan fingerprint density at radius 3 is 2.53 bits per heavy atom. The van der Waals surface area contributed by atoms with Crippen molar-refractivity contribution < 1.29 is 0 Å².